The van der Waals surface area contributed by atoms with Gasteiger partial charge >= 0.3 is 0 Å². The summed E-state index contributed by atoms with van der Waals surface area (Å²) in [5, 5.41) is 4.00. The van der Waals surface area contributed by atoms with Crippen LogP contribution in [-0.2, 0) is 6.54 Å². The first-order chi connectivity index (χ1) is 11.6. The van der Waals surface area contributed by atoms with Crippen molar-refractivity contribution in [3.63, 3.8) is 0 Å². The summed E-state index contributed by atoms with van der Waals surface area (Å²) in [5.74, 6) is 0.523. The molecule has 0 aliphatic rings. The topological polar surface area (TPSA) is 56.7 Å². The van der Waals surface area contributed by atoms with Gasteiger partial charge in [0.2, 0.25) is 0 Å². The van der Waals surface area contributed by atoms with Crippen LogP contribution in [-0.4, -0.2) is 19.7 Å². The predicted molar refractivity (Wildman–Crippen MR) is 88.0 cm³/mol. The summed E-state index contributed by atoms with van der Waals surface area (Å²) >= 11 is 0. The lowest BCUT2D eigenvalue weighted by atomic mass is 10.1. The Labute approximate surface area is 137 Å². The van der Waals surface area contributed by atoms with Gasteiger partial charge in [0, 0.05) is 23.9 Å². The van der Waals surface area contributed by atoms with Crippen molar-refractivity contribution in [2.75, 3.05) is 0 Å². The third-order valence-corrected chi connectivity index (χ3v) is 4.06. The van der Waals surface area contributed by atoms with E-state index in [2.05, 4.69) is 15.1 Å². The van der Waals surface area contributed by atoms with Crippen molar-refractivity contribution in [1.82, 2.24) is 19.7 Å². The van der Waals surface area contributed by atoms with E-state index in [1.807, 2.05) is 24.5 Å². The molecule has 0 saturated carbocycles. The normalized spacial score (nSPS) is 11.3. The number of aromatic nitrogens is 4. The molecule has 3 heterocycles. The first kappa shape index (κ1) is 14.6. The number of rotatable bonds is 3. The van der Waals surface area contributed by atoms with Gasteiger partial charge in [0.15, 0.2) is 5.65 Å². The van der Waals surface area contributed by atoms with Gasteiger partial charge in [0.1, 0.15) is 11.6 Å². The molecule has 0 bridgehead atoms. The average Bonchev–Trinajstić information content (AvgIpc) is 3.13. The van der Waals surface area contributed by atoms with E-state index >= 15 is 0 Å². The fourth-order valence-electron chi connectivity index (χ4n) is 2.89. The highest BCUT2D eigenvalue weighted by atomic mass is 19.1. The van der Waals surface area contributed by atoms with Crippen LogP contribution in [0.4, 0.5) is 4.39 Å². The van der Waals surface area contributed by atoms with Crippen LogP contribution in [0.3, 0.4) is 0 Å². The molecule has 4 rings (SSSR count). The largest absolute Gasteiger partial charge is 0.361 e. The molecule has 0 aliphatic carbocycles. The monoisotopic (exact) mass is 322 g/mol. The zero-order valence-corrected chi connectivity index (χ0v) is 13.3. The number of halogens is 1. The van der Waals surface area contributed by atoms with E-state index in [0.29, 0.717) is 12.2 Å². The van der Waals surface area contributed by atoms with Gasteiger partial charge in [0.25, 0.3) is 0 Å². The van der Waals surface area contributed by atoms with Crippen LogP contribution in [0, 0.1) is 19.7 Å². The van der Waals surface area contributed by atoms with E-state index in [4.69, 9.17) is 4.52 Å². The molecule has 0 N–H and O–H groups in total. The SMILES string of the molecule is Cc1noc(C)c1-c1cnc2ncn(Cc3ccc(F)cc3)c2c1. The van der Waals surface area contributed by atoms with Crippen LogP contribution in [0.1, 0.15) is 17.0 Å². The standard InChI is InChI=1S/C18H15FN4O/c1-11-17(12(2)24-22-11)14-7-16-18(20-8-14)21-10-23(16)9-13-3-5-15(19)6-4-13/h3-8,10H,9H2,1-2H3. The molecule has 0 amide bonds. The van der Waals surface area contributed by atoms with E-state index in [-0.39, 0.29) is 5.82 Å². The summed E-state index contributed by atoms with van der Waals surface area (Å²) in [4.78, 5) is 8.77. The van der Waals surface area contributed by atoms with Crippen molar-refractivity contribution in [3.8, 4) is 11.1 Å². The smallest absolute Gasteiger partial charge is 0.177 e. The molecule has 3 aromatic heterocycles. The Morgan fingerprint density at radius 1 is 1.12 bits per heavy atom. The van der Waals surface area contributed by atoms with Crippen molar-refractivity contribution in [2.24, 2.45) is 0 Å². The van der Waals surface area contributed by atoms with Gasteiger partial charge in [-0.25, -0.2) is 14.4 Å². The molecule has 0 radical (unpaired) electrons. The quantitative estimate of drug-likeness (QED) is 0.574. The van der Waals surface area contributed by atoms with Crippen LogP contribution in [0.2, 0.25) is 0 Å². The Morgan fingerprint density at radius 3 is 2.62 bits per heavy atom. The van der Waals surface area contributed by atoms with Gasteiger partial charge in [-0.2, -0.15) is 0 Å². The number of pyridine rings is 1. The average molecular weight is 322 g/mol. The first-order valence-electron chi connectivity index (χ1n) is 7.60. The van der Waals surface area contributed by atoms with E-state index in [1.54, 1.807) is 24.7 Å². The molecule has 4 aromatic rings. The molecular weight excluding hydrogens is 307 g/mol. The van der Waals surface area contributed by atoms with Gasteiger partial charge in [-0.05, 0) is 37.6 Å². The molecule has 0 fully saturated rings. The maximum absolute atomic E-state index is 13.1. The van der Waals surface area contributed by atoms with Gasteiger partial charge in [-0.3, -0.25) is 0 Å². The second-order valence-electron chi connectivity index (χ2n) is 5.76. The highest BCUT2D eigenvalue weighted by molar-refractivity contribution is 5.79. The lowest BCUT2D eigenvalue weighted by Crippen LogP contribution is -1.98. The molecule has 0 aliphatic heterocycles. The summed E-state index contributed by atoms with van der Waals surface area (Å²) in [6.07, 6.45) is 3.53. The van der Waals surface area contributed by atoms with Crippen molar-refractivity contribution >= 4 is 11.2 Å². The summed E-state index contributed by atoms with van der Waals surface area (Å²) in [6.45, 7) is 4.39. The van der Waals surface area contributed by atoms with E-state index in [0.717, 1.165) is 33.7 Å². The highest BCUT2D eigenvalue weighted by Gasteiger charge is 2.14. The predicted octanol–water partition coefficient (Wildman–Crippen LogP) is 3.89. The molecule has 0 atom stereocenters. The highest BCUT2D eigenvalue weighted by Crippen LogP contribution is 2.28. The maximum Gasteiger partial charge on any atom is 0.177 e. The molecule has 5 nitrogen and oxygen atoms in total. The molecular formula is C18H15FN4O. The van der Waals surface area contributed by atoms with E-state index in [9.17, 15) is 4.39 Å². The number of fused-ring (bicyclic) bond motifs is 1. The third kappa shape index (κ3) is 2.46. The lowest BCUT2D eigenvalue weighted by Gasteiger charge is -2.06. The molecule has 6 heteroatoms. The Bertz CT molecular complexity index is 998. The van der Waals surface area contributed by atoms with E-state index in [1.165, 1.54) is 12.1 Å². The molecule has 24 heavy (non-hydrogen) atoms. The Morgan fingerprint density at radius 2 is 1.92 bits per heavy atom. The number of benzene rings is 1. The maximum atomic E-state index is 13.1. The summed E-state index contributed by atoms with van der Waals surface area (Å²) in [5.41, 5.74) is 5.32. The second kappa shape index (κ2) is 5.56. The minimum Gasteiger partial charge on any atom is -0.361 e. The molecule has 0 unspecified atom stereocenters. The van der Waals surface area contributed by atoms with Gasteiger partial charge in [-0.15, -0.1) is 0 Å². The van der Waals surface area contributed by atoms with Crippen molar-refractivity contribution in [3.05, 3.63) is 65.7 Å². The second-order valence-corrected chi connectivity index (χ2v) is 5.76. The Balaban J connectivity index is 1.77. The fraction of sp³-hybridized carbons (Fsp3) is 0.167. The molecule has 0 saturated heterocycles. The van der Waals surface area contributed by atoms with Crippen molar-refractivity contribution < 1.29 is 8.91 Å². The van der Waals surface area contributed by atoms with Crippen LogP contribution in [0.5, 0.6) is 0 Å². The lowest BCUT2D eigenvalue weighted by molar-refractivity contribution is 0.393. The molecule has 120 valence electrons. The number of hydrogen-bond acceptors (Lipinski definition) is 4. The molecule has 1 aromatic carbocycles. The summed E-state index contributed by atoms with van der Waals surface area (Å²) in [7, 11) is 0. The minimum absolute atomic E-state index is 0.239. The fourth-order valence-corrected chi connectivity index (χ4v) is 2.89. The van der Waals surface area contributed by atoms with Crippen LogP contribution in [0.25, 0.3) is 22.3 Å². The zero-order chi connectivity index (χ0) is 16.7. The Kier molecular flexibility index (Phi) is 3.37. The third-order valence-electron chi connectivity index (χ3n) is 4.06. The first-order valence-corrected chi connectivity index (χ1v) is 7.60. The zero-order valence-electron chi connectivity index (χ0n) is 13.3. The van der Waals surface area contributed by atoms with Crippen molar-refractivity contribution in [1.29, 1.82) is 0 Å². The van der Waals surface area contributed by atoms with Crippen LogP contribution >= 0.6 is 0 Å². The van der Waals surface area contributed by atoms with Gasteiger partial charge in [-0.1, -0.05) is 17.3 Å². The molecule has 0 spiro atoms. The van der Waals surface area contributed by atoms with Crippen molar-refractivity contribution in [2.45, 2.75) is 20.4 Å². The van der Waals surface area contributed by atoms with Gasteiger partial charge in [0.05, 0.1) is 17.5 Å². The Hall–Kier alpha value is -3.02. The number of nitrogens with zero attached hydrogens (tertiary/aromatic N) is 4. The number of hydrogen-bond donors (Lipinski definition) is 0. The summed E-state index contributed by atoms with van der Waals surface area (Å²) < 4.78 is 20.3. The van der Waals surface area contributed by atoms with E-state index < -0.39 is 0 Å². The minimum atomic E-state index is -0.239. The van der Waals surface area contributed by atoms with Crippen LogP contribution < -0.4 is 0 Å². The number of imidazole rings is 1. The number of aryl methyl sites for hydroxylation is 2. The van der Waals surface area contributed by atoms with Crippen LogP contribution in [0.15, 0.2) is 47.4 Å². The summed E-state index contributed by atoms with van der Waals surface area (Å²) in [6, 6.07) is 8.49. The van der Waals surface area contributed by atoms with Gasteiger partial charge < -0.3 is 9.09 Å².